The zero-order valence-corrected chi connectivity index (χ0v) is 11.7. The molecule has 0 aromatic rings. The Kier molecular flexibility index (Phi) is 3.72. The van der Waals surface area contributed by atoms with Gasteiger partial charge in [-0.05, 0) is 38.7 Å². The van der Waals surface area contributed by atoms with Crippen LogP contribution in [-0.4, -0.2) is 23.8 Å². The van der Waals surface area contributed by atoms with Crippen molar-refractivity contribution >= 4 is 5.97 Å². The van der Waals surface area contributed by atoms with E-state index in [-0.39, 0.29) is 23.9 Å². The van der Waals surface area contributed by atoms with Gasteiger partial charge in [0.25, 0.3) is 0 Å². The fourth-order valence-electron chi connectivity index (χ4n) is 2.19. The van der Waals surface area contributed by atoms with E-state index < -0.39 is 11.5 Å². The van der Waals surface area contributed by atoms with Crippen LogP contribution in [-0.2, 0) is 9.53 Å². The van der Waals surface area contributed by atoms with Gasteiger partial charge < -0.3 is 9.84 Å². The minimum absolute atomic E-state index is 0.0474. The third-order valence-corrected chi connectivity index (χ3v) is 3.41. The van der Waals surface area contributed by atoms with Gasteiger partial charge in [-0.15, -0.1) is 0 Å². The number of carbonyl (C=O) groups excluding carboxylic acids is 1. The lowest BCUT2D eigenvalue weighted by Gasteiger charge is -2.29. The molecule has 0 unspecified atom stereocenters. The van der Waals surface area contributed by atoms with Gasteiger partial charge in [0.05, 0.1) is 18.1 Å². The molecule has 0 saturated carbocycles. The summed E-state index contributed by atoms with van der Waals surface area (Å²) in [5.74, 6) is -0.265. The molecule has 0 saturated heterocycles. The Morgan fingerprint density at radius 3 is 2.35 bits per heavy atom. The van der Waals surface area contributed by atoms with Crippen LogP contribution in [0.2, 0.25) is 0 Å². The molecule has 2 atom stereocenters. The predicted molar refractivity (Wildman–Crippen MR) is 67.4 cm³/mol. The van der Waals surface area contributed by atoms with Crippen molar-refractivity contribution in [1.82, 2.24) is 0 Å². The van der Waals surface area contributed by atoms with Crippen molar-refractivity contribution in [3.63, 3.8) is 0 Å². The maximum absolute atomic E-state index is 11.7. The summed E-state index contributed by atoms with van der Waals surface area (Å²) >= 11 is 0. The molecule has 0 radical (unpaired) electrons. The van der Waals surface area contributed by atoms with Crippen LogP contribution in [0.15, 0.2) is 11.6 Å². The zero-order valence-electron chi connectivity index (χ0n) is 11.7. The molecule has 1 N–H and O–H groups in total. The Morgan fingerprint density at radius 2 is 2.00 bits per heavy atom. The van der Waals surface area contributed by atoms with Crippen LogP contribution in [0, 0.1) is 16.7 Å². The van der Waals surface area contributed by atoms with E-state index in [1.165, 1.54) is 0 Å². The van der Waals surface area contributed by atoms with Crippen LogP contribution in [0.5, 0.6) is 0 Å². The van der Waals surface area contributed by atoms with Gasteiger partial charge in [-0.2, -0.15) is 0 Å². The van der Waals surface area contributed by atoms with Gasteiger partial charge in [-0.3, -0.25) is 4.79 Å². The molecule has 0 spiro atoms. The van der Waals surface area contributed by atoms with Crippen LogP contribution in [0.25, 0.3) is 0 Å². The molecule has 0 amide bonds. The average Bonchev–Trinajstić information content (AvgIpc) is 2.32. The van der Waals surface area contributed by atoms with Gasteiger partial charge in [-0.25, -0.2) is 0 Å². The maximum Gasteiger partial charge on any atom is 0.311 e. The van der Waals surface area contributed by atoms with Crippen LogP contribution in [0.4, 0.5) is 0 Å². The van der Waals surface area contributed by atoms with Gasteiger partial charge in [-0.1, -0.05) is 19.9 Å². The van der Waals surface area contributed by atoms with Crippen LogP contribution >= 0.6 is 0 Å². The summed E-state index contributed by atoms with van der Waals surface area (Å²) in [5, 5.41) is 10.0. The van der Waals surface area contributed by atoms with Crippen LogP contribution < -0.4 is 0 Å². The van der Waals surface area contributed by atoms with Crippen molar-refractivity contribution < 1.29 is 14.6 Å². The van der Waals surface area contributed by atoms with Crippen LogP contribution in [0.3, 0.4) is 0 Å². The molecular weight excluding hydrogens is 216 g/mol. The van der Waals surface area contributed by atoms with Crippen molar-refractivity contribution in [3.05, 3.63) is 11.6 Å². The van der Waals surface area contributed by atoms with E-state index in [9.17, 15) is 9.90 Å². The first-order chi connectivity index (χ1) is 7.55. The highest BCUT2D eigenvalue weighted by atomic mass is 16.5. The Labute approximate surface area is 104 Å². The summed E-state index contributed by atoms with van der Waals surface area (Å²) in [4.78, 5) is 11.7. The van der Waals surface area contributed by atoms with E-state index in [0.29, 0.717) is 0 Å². The average molecular weight is 240 g/mol. The normalized spacial score (nSPS) is 27.8. The van der Waals surface area contributed by atoms with E-state index in [1.807, 2.05) is 27.7 Å². The van der Waals surface area contributed by atoms with Crippen LogP contribution in [0.1, 0.15) is 41.5 Å². The number of allylic oxidation sites excluding steroid dienone is 1. The summed E-state index contributed by atoms with van der Waals surface area (Å²) < 4.78 is 5.31. The highest BCUT2D eigenvalue weighted by Crippen LogP contribution is 2.41. The molecular formula is C14H24O3. The number of rotatable bonds is 2. The molecule has 98 valence electrons. The summed E-state index contributed by atoms with van der Waals surface area (Å²) in [6.45, 7) is 11.8. The van der Waals surface area contributed by atoms with E-state index in [1.54, 1.807) is 0 Å². The molecule has 0 aromatic heterocycles. The molecule has 0 fully saturated rings. The monoisotopic (exact) mass is 240 g/mol. The fourth-order valence-corrected chi connectivity index (χ4v) is 2.19. The SMILES string of the molecule is CC1=CC(C)(C)[C@H](COC(=O)C(C)(C)C)[C@@H]1O. The van der Waals surface area contributed by atoms with E-state index in [2.05, 4.69) is 19.9 Å². The number of carbonyl (C=O) groups is 1. The van der Waals surface area contributed by atoms with Gasteiger partial charge in [0.15, 0.2) is 0 Å². The minimum atomic E-state index is -0.502. The quantitative estimate of drug-likeness (QED) is 0.596. The smallest absolute Gasteiger partial charge is 0.311 e. The Balaban J connectivity index is 2.63. The van der Waals surface area contributed by atoms with Gasteiger partial charge in [0, 0.05) is 5.92 Å². The molecule has 1 aliphatic carbocycles. The standard InChI is InChI=1S/C14H24O3/c1-9-7-14(5,6)10(11(9)15)8-17-12(16)13(2,3)4/h7,10-11,15H,8H2,1-6H3/t10-,11-/m1/s1. The Hall–Kier alpha value is -0.830. The second-order valence-electron chi connectivity index (χ2n) is 6.61. The second-order valence-corrected chi connectivity index (χ2v) is 6.61. The number of ether oxygens (including phenoxy) is 1. The first-order valence-corrected chi connectivity index (χ1v) is 6.10. The summed E-state index contributed by atoms with van der Waals surface area (Å²) in [7, 11) is 0. The topological polar surface area (TPSA) is 46.5 Å². The lowest BCUT2D eigenvalue weighted by atomic mass is 9.81. The first kappa shape index (κ1) is 14.2. The summed E-state index contributed by atoms with van der Waals surface area (Å²) in [5.41, 5.74) is 0.351. The second kappa shape index (κ2) is 4.45. The summed E-state index contributed by atoms with van der Waals surface area (Å²) in [6.07, 6.45) is 1.56. The molecule has 3 heteroatoms. The molecule has 17 heavy (non-hydrogen) atoms. The Morgan fingerprint density at radius 1 is 1.47 bits per heavy atom. The number of aliphatic hydroxyl groups excluding tert-OH is 1. The van der Waals surface area contributed by atoms with Crippen molar-refractivity contribution in [2.45, 2.75) is 47.6 Å². The molecule has 0 aromatic carbocycles. The number of esters is 1. The predicted octanol–water partition coefficient (Wildman–Crippen LogP) is 2.54. The third kappa shape index (κ3) is 3.09. The van der Waals surface area contributed by atoms with E-state index in [0.717, 1.165) is 5.57 Å². The van der Waals surface area contributed by atoms with E-state index >= 15 is 0 Å². The first-order valence-electron chi connectivity index (χ1n) is 6.10. The molecule has 0 bridgehead atoms. The van der Waals surface area contributed by atoms with Crippen molar-refractivity contribution in [1.29, 1.82) is 0 Å². The highest BCUT2D eigenvalue weighted by molar-refractivity contribution is 5.75. The molecule has 0 heterocycles. The molecule has 3 nitrogen and oxygen atoms in total. The zero-order chi connectivity index (χ0) is 13.4. The lowest BCUT2D eigenvalue weighted by molar-refractivity contribution is -0.156. The third-order valence-electron chi connectivity index (χ3n) is 3.41. The van der Waals surface area contributed by atoms with Gasteiger partial charge >= 0.3 is 5.97 Å². The highest BCUT2D eigenvalue weighted by Gasteiger charge is 2.41. The largest absolute Gasteiger partial charge is 0.465 e. The molecule has 0 aliphatic heterocycles. The van der Waals surface area contributed by atoms with Gasteiger partial charge in [0.2, 0.25) is 0 Å². The molecule has 1 rings (SSSR count). The molecule has 1 aliphatic rings. The minimum Gasteiger partial charge on any atom is -0.465 e. The van der Waals surface area contributed by atoms with Crippen molar-refractivity contribution in [2.75, 3.05) is 6.61 Å². The van der Waals surface area contributed by atoms with E-state index in [4.69, 9.17) is 4.74 Å². The Bertz CT molecular complexity index is 334. The number of hydrogen-bond donors (Lipinski definition) is 1. The number of aliphatic hydroxyl groups is 1. The number of hydrogen-bond acceptors (Lipinski definition) is 3. The maximum atomic E-state index is 11.7. The fraction of sp³-hybridized carbons (Fsp3) is 0.786. The van der Waals surface area contributed by atoms with Crippen molar-refractivity contribution in [2.24, 2.45) is 16.7 Å². The lowest BCUT2D eigenvalue weighted by Crippen LogP contribution is -2.34. The summed E-state index contributed by atoms with van der Waals surface area (Å²) in [6, 6.07) is 0. The van der Waals surface area contributed by atoms with Gasteiger partial charge in [0.1, 0.15) is 0 Å². The van der Waals surface area contributed by atoms with Crippen molar-refractivity contribution in [3.8, 4) is 0 Å².